The zero-order chi connectivity index (χ0) is 27.7. The second-order valence-electron chi connectivity index (χ2n) is 9.74. The van der Waals surface area contributed by atoms with Crippen LogP contribution in [0.15, 0.2) is 48.5 Å². The van der Waals surface area contributed by atoms with Gasteiger partial charge in [-0.2, -0.15) is 0 Å². The Hall–Kier alpha value is -4.33. The molecule has 3 aromatic rings. The fourth-order valence-corrected chi connectivity index (χ4v) is 5.35. The van der Waals surface area contributed by atoms with Crippen LogP contribution in [-0.2, 0) is 16.0 Å². The molecular weight excluding hydrogens is 500 g/mol. The molecule has 0 spiro atoms. The van der Waals surface area contributed by atoms with Crippen molar-refractivity contribution in [1.29, 1.82) is 0 Å². The fourth-order valence-electron chi connectivity index (χ4n) is 5.35. The van der Waals surface area contributed by atoms with E-state index in [2.05, 4.69) is 6.92 Å². The third kappa shape index (κ3) is 4.71. The van der Waals surface area contributed by atoms with Gasteiger partial charge in [-0.05, 0) is 41.7 Å². The molecule has 3 aromatic carbocycles. The Morgan fingerprint density at radius 3 is 2.41 bits per heavy atom. The zero-order valence-electron chi connectivity index (χ0n) is 22.6. The summed E-state index contributed by atoms with van der Waals surface area (Å²) in [6.07, 6.45) is 3.04. The third-order valence-electron chi connectivity index (χ3n) is 7.51. The van der Waals surface area contributed by atoms with Gasteiger partial charge in [-0.3, -0.25) is 0 Å². The van der Waals surface area contributed by atoms with Gasteiger partial charge in [0.15, 0.2) is 23.0 Å². The zero-order valence-corrected chi connectivity index (χ0v) is 22.6. The summed E-state index contributed by atoms with van der Waals surface area (Å²) >= 11 is 0. The van der Waals surface area contributed by atoms with E-state index < -0.39 is 12.1 Å². The SMILES string of the molecule is COc1cc2c(c(OC)c1OC)-c1c(cc3c(c1O)OCO3)C(OC(=O)C=Cc1ccccc1)C(C)C(C)C2. The number of carbonyl (C=O) groups excluding carboxylic acids is 1. The molecule has 0 radical (unpaired) electrons. The Morgan fingerprint density at radius 2 is 1.72 bits per heavy atom. The third-order valence-corrected chi connectivity index (χ3v) is 7.51. The van der Waals surface area contributed by atoms with Gasteiger partial charge >= 0.3 is 5.97 Å². The van der Waals surface area contributed by atoms with Crippen LogP contribution in [0.4, 0.5) is 0 Å². The van der Waals surface area contributed by atoms with Crippen LogP contribution in [0.25, 0.3) is 17.2 Å². The highest BCUT2D eigenvalue weighted by Crippen LogP contribution is 2.58. The molecule has 1 aliphatic heterocycles. The molecule has 3 unspecified atom stereocenters. The topological polar surface area (TPSA) is 92.7 Å². The maximum atomic E-state index is 13.1. The highest BCUT2D eigenvalue weighted by atomic mass is 16.7. The standard InChI is InChI=1S/C31H32O8/c1-17-13-20-14-22(34-3)30(35-4)31(36-5)25(20)26-21(15-23-29(27(26)33)38-16-37-23)28(18(17)2)39-24(32)12-11-19-9-7-6-8-10-19/h6-12,14-15,17-18,28,33H,13,16H2,1-5H3. The quantitative estimate of drug-likeness (QED) is 0.308. The van der Waals surface area contributed by atoms with E-state index in [1.807, 2.05) is 43.3 Å². The van der Waals surface area contributed by atoms with Crippen LogP contribution in [0.1, 0.15) is 36.6 Å². The van der Waals surface area contributed by atoms with Crippen molar-refractivity contribution in [2.75, 3.05) is 28.1 Å². The van der Waals surface area contributed by atoms with E-state index in [4.69, 9.17) is 28.4 Å². The first kappa shape index (κ1) is 26.3. The molecule has 1 aliphatic carbocycles. The lowest BCUT2D eigenvalue weighted by Crippen LogP contribution is -2.26. The maximum Gasteiger partial charge on any atom is 0.331 e. The minimum Gasteiger partial charge on any atom is -0.504 e. The van der Waals surface area contributed by atoms with Gasteiger partial charge in [0.2, 0.25) is 18.3 Å². The number of aromatic hydroxyl groups is 1. The van der Waals surface area contributed by atoms with Crippen molar-refractivity contribution >= 4 is 12.0 Å². The van der Waals surface area contributed by atoms with E-state index in [-0.39, 0.29) is 30.1 Å². The Bertz CT molecular complexity index is 1410. The van der Waals surface area contributed by atoms with Gasteiger partial charge in [-0.1, -0.05) is 44.2 Å². The smallest absolute Gasteiger partial charge is 0.331 e. The summed E-state index contributed by atoms with van der Waals surface area (Å²) in [6, 6.07) is 13.2. The first-order valence-corrected chi connectivity index (χ1v) is 12.8. The van der Waals surface area contributed by atoms with Crippen LogP contribution in [0.5, 0.6) is 34.5 Å². The normalized spacial score (nSPS) is 19.5. The van der Waals surface area contributed by atoms with E-state index in [1.54, 1.807) is 19.3 Å². The predicted molar refractivity (Wildman–Crippen MR) is 146 cm³/mol. The van der Waals surface area contributed by atoms with E-state index in [0.29, 0.717) is 46.1 Å². The highest BCUT2D eigenvalue weighted by Gasteiger charge is 2.39. The van der Waals surface area contributed by atoms with Crippen LogP contribution >= 0.6 is 0 Å². The van der Waals surface area contributed by atoms with Gasteiger partial charge in [0, 0.05) is 28.7 Å². The molecule has 5 rings (SSSR count). The van der Waals surface area contributed by atoms with Gasteiger partial charge in [0.1, 0.15) is 6.10 Å². The lowest BCUT2D eigenvalue weighted by Gasteiger charge is -2.34. The maximum absolute atomic E-state index is 13.1. The van der Waals surface area contributed by atoms with E-state index in [1.165, 1.54) is 20.3 Å². The Balaban J connectivity index is 1.71. The van der Waals surface area contributed by atoms with Crippen molar-refractivity contribution in [1.82, 2.24) is 0 Å². The summed E-state index contributed by atoms with van der Waals surface area (Å²) in [6.45, 7) is 4.12. The molecule has 2 aliphatic rings. The lowest BCUT2D eigenvalue weighted by atomic mass is 9.76. The number of benzene rings is 3. The molecule has 0 fully saturated rings. The second-order valence-corrected chi connectivity index (χ2v) is 9.74. The average molecular weight is 533 g/mol. The van der Waals surface area contributed by atoms with Crippen molar-refractivity contribution in [2.24, 2.45) is 11.8 Å². The van der Waals surface area contributed by atoms with Crippen molar-refractivity contribution in [3.8, 4) is 45.6 Å². The molecule has 0 amide bonds. The molecule has 8 nitrogen and oxygen atoms in total. The lowest BCUT2D eigenvalue weighted by molar-refractivity contribution is -0.146. The number of ether oxygens (including phenoxy) is 6. The molecule has 0 bridgehead atoms. The minimum absolute atomic E-state index is 0.0298. The summed E-state index contributed by atoms with van der Waals surface area (Å²) < 4.78 is 34.6. The van der Waals surface area contributed by atoms with Crippen LogP contribution in [0.2, 0.25) is 0 Å². The molecule has 1 N–H and O–H groups in total. The van der Waals surface area contributed by atoms with Crippen molar-refractivity contribution in [2.45, 2.75) is 26.4 Å². The molecule has 0 saturated carbocycles. The molecule has 204 valence electrons. The number of fused-ring (bicyclic) bond motifs is 4. The summed E-state index contributed by atoms with van der Waals surface area (Å²) in [4.78, 5) is 13.1. The number of hydrogen-bond acceptors (Lipinski definition) is 8. The molecule has 1 heterocycles. The summed E-state index contributed by atoms with van der Waals surface area (Å²) in [5, 5.41) is 11.6. The summed E-state index contributed by atoms with van der Waals surface area (Å²) in [5.74, 6) is 1.26. The van der Waals surface area contributed by atoms with E-state index in [0.717, 1.165) is 11.1 Å². The Labute approximate surface area is 227 Å². The molecule has 39 heavy (non-hydrogen) atoms. The van der Waals surface area contributed by atoms with Crippen LogP contribution in [0.3, 0.4) is 0 Å². The molecule has 8 heteroatoms. The van der Waals surface area contributed by atoms with Crippen LogP contribution in [0, 0.1) is 11.8 Å². The number of phenolic OH excluding ortho intramolecular Hbond substituents is 1. The first-order chi connectivity index (χ1) is 18.9. The first-order valence-electron chi connectivity index (χ1n) is 12.8. The molecule has 0 saturated heterocycles. The van der Waals surface area contributed by atoms with Gasteiger partial charge in [-0.25, -0.2) is 4.79 Å². The number of phenols is 1. The predicted octanol–water partition coefficient (Wildman–Crippen LogP) is 5.94. The molecule has 0 aromatic heterocycles. The number of esters is 1. The van der Waals surface area contributed by atoms with Crippen LogP contribution < -0.4 is 23.7 Å². The van der Waals surface area contributed by atoms with Gasteiger partial charge in [0.25, 0.3) is 0 Å². The van der Waals surface area contributed by atoms with Gasteiger partial charge in [-0.15, -0.1) is 0 Å². The van der Waals surface area contributed by atoms with Crippen LogP contribution in [-0.4, -0.2) is 39.2 Å². The van der Waals surface area contributed by atoms with E-state index >= 15 is 0 Å². The number of methoxy groups -OCH3 is 3. The summed E-state index contributed by atoms with van der Waals surface area (Å²) in [5.41, 5.74) is 3.43. The summed E-state index contributed by atoms with van der Waals surface area (Å²) in [7, 11) is 4.64. The number of carbonyl (C=O) groups is 1. The van der Waals surface area contributed by atoms with Crippen molar-refractivity contribution < 1.29 is 38.3 Å². The highest BCUT2D eigenvalue weighted by molar-refractivity contribution is 5.90. The Morgan fingerprint density at radius 1 is 0.974 bits per heavy atom. The number of rotatable bonds is 6. The Kier molecular flexibility index (Phi) is 7.28. The van der Waals surface area contributed by atoms with Gasteiger partial charge < -0.3 is 33.5 Å². The molecular formula is C31H32O8. The largest absolute Gasteiger partial charge is 0.504 e. The van der Waals surface area contributed by atoms with Gasteiger partial charge in [0.05, 0.1) is 21.3 Å². The van der Waals surface area contributed by atoms with Crippen molar-refractivity contribution in [3.05, 3.63) is 65.2 Å². The second kappa shape index (κ2) is 10.8. The number of hydrogen-bond donors (Lipinski definition) is 1. The minimum atomic E-state index is -0.700. The average Bonchev–Trinajstić information content (AvgIpc) is 3.43. The monoisotopic (exact) mass is 532 g/mol. The van der Waals surface area contributed by atoms with Crippen molar-refractivity contribution in [3.63, 3.8) is 0 Å². The molecule has 3 atom stereocenters. The fraction of sp³-hybridized carbons (Fsp3) is 0.323. The van der Waals surface area contributed by atoms with E-state index in [9.17, 15) is 9.90 Å².